The highest BCUT2D eigenvalue weighted by Gasteiger charge is 2.23. The predicted octanol–water partition coefficient (Wildman–Crippen LogP) is 11.1. The summed E-state index contributed by atoms with van der Waals surface area (Å²) in [5, 5.41) is 9.13. The van der Waals surface area contributed by atoms with Crippen molar-refractivity contribution < 1.29 is 4.42 Å². The Morgan fingerprint density at radius 2 is 1.10 bits per heavy atom. The quantitative estimate of drug-likeness (QED) is 0.199. The summed E-state index contributed by atoms with van der Waals surface area (Å²) < 4.78 is 8.90. The van der Waals surface area contributed by atoms with E-state index < -0.39 is 0 Å². The fourth-order valence-corrected chi connectivity index (χ4v) is 7.68. The largest absolute Gasteiger partial charge is 0.456 e. The van der Waals surface area contributed by atoms with Crippen LogP contribution in [-0.4, -0.2) is 19.4 Å². The third kappa shape index (κ3) is 3.47. The zero-order chi connectivity index (χ0) is 31.3. The molecule has 0 spiro atoms. The Hall–Kier alpha value is -6.59. The van der Waals surface area contributed by atoms with Gasteiger partial charge in [-0.1, -0.05) is 109 Å². The van der Waals surface area contributed by atoms with Gasteiger partial charge in [-0.3, -0.25) is 0 Å². The number of benzene rings is 7. The summed E-state index contributed by atoms with van der Waals surface area (Å²) in [5.74, 6) is 1.90. The van der Waals surface area contributed by atoms with Crippen LogP contribution in [0.15, 0.2) is 150 Å². The van der Waals surface area contributed by atoms with Crippen molar-refractivity contribution in [2.45, 2.75) is 0 Å². The molecule has 0 fully saturated rings. The Labute approximate surface area is 273 Å². The third-order valence-corrected chi connectivity index (χ3v) is 9.76. The maximum atomic E-state index is 6.49. The summed E-state index contributed by atoms with van der Waals surface area (Å²) in [4.78, 5) is 15.5. The summed E-state index contributed by atoms with van der Waals surface area (Å²) in [6, 6.07) is 50.7. The van der Waals surface area contributed by atoms with E-state index in [0.29, 0.717) is 17.5 Å². The number of aromatic nitrogens is 4. The van der Waals surface area contributed by atoms with Crippen LogP contribution in [0.25, 0.3) is 105 Å². The van der Waals surface area contributed by atoms with E-state index in [1.54, 1.807) is 0 Å². The number of nitrogens with zero attached hydrogens (tertiary/aromatic N) is 4. The Balaban J connectivity index is 1.33. The van der Waals surface area contributed by atoms with Crippen LogP contribution < -0.4 is 0 Å². The van der Waals surface area contributed by atoms with Crippen molar-refractivity contribution in [2.75, 3.05) is 0 Å². The molecule has 0 aliphatic carbocycles. The van der Waals surface area contributed by atoms with Crippen LogP contribution in [0.3, 0.4) is 0 Å². The van der Waals surface area contributed by atoms with Gasteiger partial charge in [-0.15, -0.1) is 0 Å². The predicted molar refractivity (Wildman–Crippen MR) is 196 cm³/mol. The average Bonchev–Trinajstić information content (AvgIpc) is 3.66. The van der Waals surface area contributed by atoms with Crippen LogP contribution in [0.1, 0.15) is 0 Å². The maximum Gasteiger partial charge on any atom is 0.164 e. The second-order valence-electron chi connectivity index (χ2n) is 12.4. The lowest BCUT2D eigenvalue weighted by Crippen LogP contribution is -2.00. The van der Waals surface area contributed by atoms with Crippen LogP contribution in [0, 0.1) is 0 Å². The topological polar surface area (TPSA) is 56.2 Å². The van der Waals surface area contributed by atoms with Gasteiger partial charge in [0.15, 0.2) is 17.5 Å². The first kappa shape index (κ1) is 25.6. The molecule has 11 aromatic rings. The van der Waals surface area contributed by atoms with Gasteiger partial charge in [-0.2, -0.15) is 0 Å². The zero-order valence-electron chi connectivity index (χ0n) is 25.6. The zero-order valence-corrected chi connectivity index (χ0v) is 25.6. The van der Waals surface area contributed by atoms with E-state index in [1.165, 1.54) is 16.2 Å². The van der Waals surface area contributed by atoms with Gasteiger partial charge < -0.3 is 8.82 Å². The number of fused-ring (bicyclic) bond motifs is 6. The lowest BCUT2D eigenvalue weighted by atomic mass is 9.99. The molecule has 0 saturated carbocycles. The molecule has 222 valence electrons. The molecule has 4 aromatic heterocycles. The van der Waals surface area contributed by atoms with E-state index >= 15 is 0 Å². The third-order valence-electron chi connectivity index (χ3n) is 9.76. The number of para-hydroxylation sites is 1. The van der Waals surface area contributed by atoms with Gasteiger partial charge in [0.2, 0.25) is 0 Å². The Kier molecular flexibility index (Phi) is 5.05. The SMILES string of the molecule is c1ccc(-c2nc(-c3ccc4ccccc4c3)nc(-c3ccc4c5ccccc5n5c6cccc7oc8cccc(c3c45)c8c76)n2)cc1. The minimum Gasteiger partial charge on any atom is -0.456 e. The molecule has 48 heavy (non-hydrogen) atoms. The van der Waals surface area contributed by atoms with Gasteiger partial charge >= 0.3 is 0 Å². The molecule has 5 heteroatoms. The highest BCUT2D eigenvalue weighted by Crippen LogP contribution is 2.45. The van der Waals surface area contributed by atoms with Gasteiger partial charge in [-0.05, 0) is 52.6 Å². The second-order valence-corrected chi connectivity index (χ2v) is 12.4. The minimum atomic E-state index is 0.628. The molecule has 0 amide bonds. The van der Waals surface area contributed by atoms with Gasteiger partial charge in [0.05, 0.1) is 21.9 Å². The van der Waals surface area contributed by atoms with E-state index in [9.17, 15) is 0 Å². The molecule has 0 bridgehead atoms. The molecule has 0 saturated heterocycles. The molecule has 0 unspecified atom stereocenters. The first-order valence-electron chi connectivity index (χ1n) is 16.1. The highest BCUT2D eigenvalue weighted by atomic mass is 16.3. The Bertz CT molecular complexity index is 3060. The standard InChI is InChI=1S/C43H24N4O/c1-2-11-26(12-3-1)41-44-42(28-21-20-25-10-4-5-13-27(25)24-28)46-43(45-41)32-23-22-30-29-14-6-7-16-33(29)47-34-17-9-19-36-39(34)38-31(37(32)40(30)47)15-8-18-35(38)48-36/h1-24H. The van der Waals surface area contributed by atoms with E-state index in [2.05, 4.69) is 132 Å². The lowest BCUT2D eigenvalue weighted by molar-refractivity contribution is 0.669. The number of rotatable bonds is 3. The van der Waals surface area contributed by atoms with Crippen molar-refractivity contribution in [3.63, 3.8) is 0 Å². The smallest absolute Gasteiger partial charge is 0.164 e. The number of hydrogen-bond donors (Lipinski definition) is 0. The van der Waals surface area contributed by atoms with Gasteiger partial charge in [0, 0.05) is 38.2 Å². The van der Waals surface area contributed by atoms with E-state index in [0.717, 1.165) is 71.3 Å². The van der Waals surface area contributed by atoms with Gasteiger partial charge in [-0.25, -0.2) is 15.0 Å². The molecule has 0 aliphatic heterocycles. The summed E-state index contributed by atoms with van der Waals surface area (Å²) in [7, 11) is 0. The monoisotopic (exact) mass is 612 g/mol. The Morgan fingerprint density at radius 1 is 0.417 bits per heavy atom. The molecule has 11 rings (SSSR count). The first-order chi connectivity index (χ1) is 23.8. The summed E-state index contributed by atoms with van der Waals surface area (Å²) in [5.41, 5.74) is 7.97. The van der Waals surface area contributed by atoms with Crippen LogP contribution in [0.4, 0.5) is 0 Å². The highest BCUT2D eigenvalue weighted by molar-refractivity contribution is 6.32. The van der Waals surface area contributed by atoms with Crippen molar-refractivity contribution in [2.24, 2.45) is 0 Å². The normalized spacial score (nSPS) is 12.2. The molecule has 0 aliphatic rings. The summed E-state index contributed by atoms with van der Waals surface area (Å²) >= 11 is 0. The molecular formula is C43H24N4O. The average molecular weight is 613 g/mol. The van der Waals surface area contributed by atoms with E-state index in [4.69, 9.17) is 19.4 Å². The van der Waals surface area contributed by atoms with Crippen LogP contribution in [0.5, 0.6) is 0 Å². The van der Waals surface area contributed by atoms with Crippen molar-refractivity contribution in [1.29, 1.82) is 0 Å². The van der Waals surface area contributed by atoms with Gasteiger partial charge in [0.1, 0.15) is 11.2 Å². The Morgan fingerprint density at radius 3 is 2.00 bits per heavy atom. The van der Waals surface area contributed by atoms with Crippen LogP contribution in [0.2, 0.25) is 0 Å². The molecular weight excluding hydrogens is 589 g/mol. The molecule has 4 heterocycles. The second kappa shape index (κ2) is 9.47. The van der Waals surface area contributed by atoms with Crippen molar-refractivity contribution >= 4 is 70.8 Å². The molecule has 0 atom stereocenters. The fraction of sp³-hybridized carbons (Fsp3) is 0. The summed E-state index contributed by atoms with van der Waals surface area (Å²) in [6.45, 7) is 0. The van der Waals surface area contributed by atoms with Crippen molar-refractivity contribution in [3.8, 4) is 34.2 Å². The fourth-order valence-electron chi connectivity index (χ4n) is 7.68. The van der Waals surface area contributed by atoms with E-state index in [1.807, 2.05) is 18.2 Å². The maximum absolute atomic E-state index is 6.49. The molecule has 5 nitrogen and oxygen atoms in total. The van der Waals surface area contributed by atoms with E-state index in [-0.39, 0.29) is 0 Å². The first-order valence-corrected chi connectivity index (χ1v) is 16.1. The lowest BCUT2D eigenvalue weighted by Gasteiger charge is -2.11. The minimum absolute atomic E-state index is 0.628. The van der Waals surface area contributed by atoms with Crippen LogP contribution in [-0.2, 0) is 0 Å². The molecule has 0 radical (unpaired) electrons. The molecule has 7 aromatic carbocycles. The summed E-state index contributed by atoms with van der Waals surface area (Å²) in [6.07, 6.45) is 0. The number of furan rings is 1. The number of hydrogen-bond acceptors (Lipinski definition) is 4. The van der Waals surface area contributed by atoms with Crippen molar-refractivity contribution in [1.82, 2.24) is 19.4 Å². The molecule has 0 N–H and O–H groups in total. The van der Waals surface area contributed by atoms with Crippen molar-refractivity contribution in [3.05, 3.63) is 146 Å². The van der Waals surface area contributed by atoms with Crippen LogP contribution >= 0.6 is 0 Å². The van der Waals surface area contributed by atoms with Gasteiger partial charge in [0.25, 0.3) is 0 Å².